The van der Waals surface area contributed by atoms with Crippen LogP contribution in [-0.4, -0.2) is 60.8 Å². The van der Waals surface area contributed by atoms with Crippen LogP contribution in [0.2, 0.25) is 5.15 Å². The highest BCUT2D eigenvalue weighted by Gasteiger charge is 2.34. The predicted octanol–water partition coefficient (Wildman–Crippen LogP) is 2.47. The average molecular weight is 376 g/mol. The largest absolute Gasteiger partial charge is 0.378 e. The number of halogens is 1. The normalized spacial score (nSPS) is 20.9. The van der Waals surface area contributed by atoms with E-state index in [1.807, 2.05) is 6.92 Å². The Balaban J connectivity index is 1.83. The molecule has 7 heteroatoms. The highest BCUT2D eigenvalue weighted by Crippen LogP contribution is 2.38. The molecule has 2 aliphatic heterocycles. The summed E-state index contributed by atoms with van der Waals surface area (Å²) in [5.74, 6) is -0.963. The molecular weight excluding hydrogens is 354 g/mol. The summed E-state index contributed by atoms with van der Waals surface area (Å²) < 4.78 is 5.41. The molecule has 4 rings (SSSR count). The SMILES string of the molecule is Cc1c2c(nc(Cl)c1N1CCOCC1)C(N1CCCCC1)=CC(=O)C2=O. The monoisotopic (exact) mass is 375 g/mol. The van der Waals surface area contributed by atoms with Crippen molar-refractivity contribution < 1.29 is 14.3 Å². The second-order valence-electron chi connectivity index (χ2n) is 6.97. The van der Waals surface area contributed by atoms with Gasteiger partial charge in [-0.05, 0) is 31.7 Å². The molecule has 0 amide bonds. The molecule has 26 heavy (non-hydrogen) atoms. The van der Waals surface area contributed by atoms with Crippen LogP contribution >= 0.6 is 11.6 Å². The maximum Gasteiger partial charge on any atom is 0.235 e. The molecule has 0 saturated carbocycles. The summed E-state index contributed by atoms with van der Waals surface area (Å²) in [4.78, 5) is 33.9. The van der Waals surface area contributed by atoms with Crippen LogP contribution in [-0.2, 0) is 9.53 Å². The summed E-state index contributed by atoms with van der Waals surface area (Å²) in [7, 11) is 0. The zero-order valence-corrected chi connectivity index (χ0v) is 15.6. The van der Waals surface area contributed by atoms with Crippen LogP contribution < -0.4 is 4.90 Å². The number of hydrogen-bond acceptors (Lipinski definition) is 6. The van der Waals surface area contributed by atoms with Gasteiger partial charge >= 0.3 is 0 Å². The van der Waals surface area contributed by atoms with Crippen LogP contribution in [0, 0.1) is 6.92 Å². The van der Waals surface area contributed by atoms with Gasteiger partial charge in [-0.25, -0.2) is 4.98 Å². The summed E-state index contributed by atoms with van der Waals surface area (Å²) in [6.45, 7) is 6.21. The molecule has 3 aliphatic rings. The maximum atomic E-state index is 12.7. The second kappa shape index (κ2) is 7.00. The van der Waals surface area contributed by atoms with E-state index in [4.69, 9.17) is 16.3 Å². The first-order chi connectivity index (χ1) is 12.6. The summed E-state index contributed by atoms with van der Waals surface area (Å²) in [5, 5.41) is 0.383. The number of nitrogens with zero attached hydrogens (tertiary/aromatic N) is 3. The Labute approximate surface area is 157 Å². The summed E-state index contributed by atoms with van der Waals surface area (Å²) in [6.07, 6.45) is 4.78. The lowest BCUT2D eigenvalue weighted by molar-refractivity contribution is -0.111. The van der Waals surface area contributed by atoms with Gasteiger partial charge in [0, 0.05) is 32.3 Å². The first-order valence-electron chi connectivity index (χ1n) is 9.16. The second-order valence-corrected chi connectivity index (χ2v) is 7.33. The number of pyridine rings is 1. The number of allylic oxidation sites excluding steroid dienone is 1. The van der Waals surface area contributed by atoms with Crippen LogP contribution in [0.1, 0.15) is 40.9 Å². The molecule has 1 aliphatic carbocycles. The topological polar surface area (TPSA) is 62.7 Å². The van der Waals surface area contributed by atoms with E-state index in [1.165, 1.54) is 12.5 Å². The van der Waals surface area contributed by atoms with Crippen molar-refractivity contribution in [2.24, 2.45) is 0 Å². The third-order valence-corrected chi connectivity index (χ3v) is 5.62. The molecule has 0 aromatic carbocycles. The lowest BCUT2D eigenvalue weighted by Crippen LogP contribution is -2.38. The summed E-state index contributed by atoms with van der Waals surface area (Å²) in [6, 6.07) is 0. The Morgan fingerprint density at radius 1 is 1.04 bits per heavy atom. The summed E-state index contributed by atoms with van der Waals surface area (Å²) in [5.41, 5.74) is 3.18. The Morgan fingerprint density at radius 3 is 2.42 bits per heavy atom. The first kappa shape index (κ1) is 17.5. The fraction of sp³-hybridized carbons (Fsp3) is 0.526. The molecule has 138 valence electrons. The van der Waals surface area contributed by atoms with Gasteiger partial charge in [0.15, 0.2) is 5.15 Å². The Morgan fingerprint density at radius 2 is 1.73 bits per heavy atom. The number of hydrogen-bond donors (Lipinski definition) is 0. The van der Waals surface area contributed by atoms with Gasteiger partial charge < -0.3 is 14.5 Å². The Hall–Kier alpha value is -1.92. The number of fused-ring (bicyclic) bond motifs is 1. The third kappa shape index (κ3) is 2.91. The number of piperidine rings is 1. The summed E-state index contributed by atoms with van der Waals surface area (Å²) >= 11 is 6.55. The van der Waals surface area contributed by atoms with Gasteiger partial charge in [-0.15, -0.1) is 0 Å². The zero-order chi connectivity index (χ0) is 18.3. The number of carbonyl (C=O) groups excluding carboxylic acids is 2. The van der Waals surface area contributed by atoms with Gasteiger partial charge in [0.1, 0.15) is 0 Å². The number of morpholine rings is 1. The zero-order valence-electron chi connectivity index (χ0n) is 14.9. The number of carbonyl (C=O) groups is 2. The van der Waals surface area contributed by atoms with E-state index in [9.17, 15) is 9.59 Å². The molecule has 6 nitrogen and oxygen atoms in total. The van der Waals surface area contributed by atoms with Crippen molar-refractivity contribution in [1.29, 1.82) is 0 Å². The van der Waals surface area contributed by atoms with Gasteiger partial charge in [0.25, 0.3) is 0 Å². The molecule has 0 bridgehead atoms. The number of Topliss-reactive ketones (excluding diaryl/α,β-unsaturated/α-hetero) is 1. The third-order valence-electron chi connectivity index (χ3n) is 5.36. The molecular formula is C19H22ClN3O3. The van der Waals surface area contributed by atoms with Crippen molar-refractivity contribution in [3.8, 4) is 0 Å². The predicted molar refractivity (Wildman–Crippen MR) is 99.8 cm³/mol. The fourth-order valence-corrected chi connectivity index (χ4v) is 4.38. The van der Waals surface area contributed by atoms with E-state index in [1.54, 1.807) is 0 Å². The molecule has 1 aromatic heterocycles. The molecule has 2 saturated heterocycles. The molecule has 0 atom stereocenters. The van der Waals surface area contributed by atoms with E-state index in [0.717, 1.165) is 42.9 Å². The quantitative estimate of drug-likeness (QED) is 0.584. The van der Waals surface area contributed by atoms with Crippen LogP contribution in [0.25, 0.3) is 5.70 Å². The van der Waals surface area contributed by atoms with Crippen LogP contribution in [0.5, 0.6) is 0 Å². The van der Waals surface area contributed by atoms with E-state index in [-0.39, 0.29) is 0 Å². The van der Waals surface area contributed by atoms with E-state index < -0.39 is 11.6 Å². The van der Waals surface area contributed by atoms with Gasteiger partial charge in [0.2, 0.25) is 11.6 Å². The molecule has 3 heterocycles. The number of ketones is 2. The molecule has 0 radical (unpaired) electrons. The highest BCUT2D eigenvalue weighted by atomic mass is 35.5. The number of likely N-dealkylation sites (tertiary alicyclic amines) is 1. The van der Waals surface area contributed by atoms with Crippen molar-refractivity contribution in [3.05, 3.63) is 28.0 Å². The first-order valence-corrected chi connectivity index (χ1v) is 9.54. The average Bonchev–Trinajstić information content (AvgIpc) is 2.66. The fourth-order valence-electron chi connectivity index (χ4n) is 4.03. The number of rotatable bonds is 2. The lowest BCUT2D eigenvalue weighted by atomic mass is 9.91. The van der Waals surface area contributed by atoms with Crippen molar-refractivity contribution >= 4 is 34.6 Å². The van der Waals surface area contributed by atoms with Crippen molar-refractivity contribution in [3.63, 3.8) is 0 Å². The number of aromatic nitrogens is 1. The highest BCUT2D eigenvalue weighted by molar-refractivity contribution is 6.51. The van der Waals surface area contributed by atoms with Gasteiger partial charge in [-0.2, -0.15) is 0 Å². The smallest absolute Gasteiger partial charge is 0.235 e. The minimum Gasteiger partial charge on any atom is -0.378 e. The van der Waals surface area contributed by atoms with Crippen LogP contribution in [0.3, 0.4) is 0 Å². The van der Waals surface area contributed by atoms with Gasteiger partial charge in [-0.1, -0.05) is 11.6 Å². The van der Waals surface area contributed by atoms with Crippen LogP contribution in [0.15, 0.2) is 6.08 Å². The minimum absolute atomic E-state index is 0.383. The van der Waals surface area contributed by atoms with Crippen LogP contribution in [0.4, 0.5) is 5.69 Å². The van der Waals surface area contributed by atoms with Gasteiger partial charge in [-0.3, -0.25) is 9.59 Å². The lowest BCUT2D eigenvalue weighted by Gasteiger charge is -2.35. The molecule has 1 aromatic rings. The maximum absolute atomic E-state index is 12.7. The molecule has 2 fully saturated rings. The minimum atomic E-state index is -0.489. The van der Waals surface area contributed by atoms with E-state index in [0.29, 0.717) is 42.7 Å². The van der Waals surface area contributed by atoms with E-state index in [2.05, 4.69) is 14.8 Å². The number of anilines is 1. The molecule has 0 N–H and O–H groups in total. The van der Waals surface area contributed by atoms with Crippen molar-refractivity contribution in [1.82, 2.24) is 9.88 Å². The van der Waals surface area contributed by atoms with Crippen molar-refractivity contribution in [2.45, 2.75) is 26.2 Å². The Kier molecular flexibility index (Phi) is 4.71. The van der Waals surface area contributed by atoms with E-state index >= 15 is 0 Å². The number of ether oxygens (including phenoxy) is 1. The van der Waals surface area contributed by atoms with Crippen molar-refractivity contribution in [2.75, 3.05) is 44.3 Å². The standard InChI is InChI=1S/C19H22ClN3O3/c1-12-15-16(21-19(20)17(12)23-7-9-26-10-8-23)13(11-14(24)18(15)25)22-5-3-2-4-6-22/h11H,2-10H2,1H3. The molecule has 0 spiro atoms. The van der Waals surface area contributed by atoms with Gasteiger partial charge in [0.05, 0.1) is 35.9 Å². The Bertz CT molecular complexity index is 794. The molecule has 0 unspecified atom stereocenters.